The van der Waals surface area contributed by atoms with Crippen LogP contribution in [0.15, 0.2) is 0 Å². The van der Waals surface area contributed by atoms with Crippen molar-refractivity contribution < 1.29 is 23.1 Å². The number of methoxy groups -OCH3 is 1. The Balaban J connectivity index is 1.78. The van der Waals surface area contributed by atoms with Crippen LogP contribution < -0.4 is 4.72 Å². The Kier molecular flexibility index (Phi) is 6.41. The lowest BCUT2D eigenvalue weighted by Gasteiger charge is -2.42. The van der Waals surface area contributed by atoms with Crippen molar-refractivity contribution in [1.29, 1.82) is 0 Å². The highest BCUT2D eigenvalue weighted by Gasteiger charge is 2.39. The van der Waals surface area contributed by atoms with E-state index in [4.69, 9.17) is 9.84 Å². The van der Waals surface area contributed by atoms with Crippen molar-refractivity contribution in [3.05, 3.63) is 0 Å². The van der Waals surface area contributed by atoms with Crippen molar-refractivity contribution in [2.24, 2.45) is 5.92 Å². The fourth-order valence-electron chi connectivity index (χ4n) is 2.92. The molecule has 0 heterocycles. The van der Waals surface area contributed by atoms with Crippen LogP contribution in [-0.2, 0) is 19.6 Å². The van der Waals surface area contributed by atoms with Crippen molar-refractivity contribution >= 4 is 16.0 Å². The molecular weight excluding hydrogens is 320 g/mol. The van der Waals surface area contributed by atoms with E-state index in [-0.39, 0.29) is 18.6 Å². The van der Waals surface area contributed by atoms with Gasteiger partial charge in [0.1, 0.15) is 0 Å². The number of carboxylic acids is 1. The zero-order chi connectivity index (χ0) is 17.0. The van der Waals surface area contributed by atoms with Gasteiger partial charge in [-0.1, -0.05) is 0 Å². The lowest BCUT2D eigenvalue weighted by atomic mass is 9.86. The summed E-state index contributed by atoms with van der Waals surface area (Å²) in [4.78, 5) is 13.0. The molecule has 0 bridgehead atoms. The van der Waals surface area contributed by atoms with Crippen LogP contribution in [0.4, 0.5) is 0 Å². The molecule has 2 rings (SSSR count). The molecule has 7 nitrogen and oxygen atoms in total. The van der Waals surface area contributed by atoms with Crippen molar-refractivity contribution in [1.82, 2.24) is 9.62 Å². The van der Waals surface area contributed by atoms with Gasteiger partial charge in [0.05, 0.1) is 11.8 Å². The maximum atomic E-state index is 12.2. The van der Waals surface area contributed by atoms with Gasteiger partial charge in [-0.3, -0.25) is 9.69 Å². The van der Waals surface area contributed by atoms with Crippen molar-refractivity contribution in [2.75, 3.05) is 26.8 Å². The molecule has 2 aliphatic carbocycles. The molecule has 23 heavy (non-hydrogen) atoms. The molecule has 2 saturated carbocycles. The van der Waals surface area contributed by atoms with E-state index in [9.17, 15) is 13.2 Å². The minimum absolute atomic E-state index is 0.0465. The molecule has 0 aromatic carbocycles. The van der Waals surface area contributed by atoms with Gasteiger partial charge in [0.25, 0.3) is 0 Å². The quantitative estimate of drug-likeness (QED) is 0.569. The summed E-state index contributed by atoms with van der Waals surface area (Å²) < 4.78 is 32.1. The van der Waals surface area contributed by atoms with Crippen molar-refractivity contribution in [3.63, 3.8) is 0 Å². The molecule has 0 saturated heterocycles. The smallest absolute Gasteiger partial charge is 0.317 e. The topological polar surface area (TPSA) is 95.9 Å². The second-order valence-electron chi connectivity index (χ2n) is 6.84. The molecule has 0 aromatic heterocycles. The molecular formula is C15H28N2O5S. The van der Waals surface area contributed by atoms with Gasteiger partial charge >= 0.3 is 5.97 Å². The SMILES string of the molecule is COCCC(C)S(=O)(=O)NC1CC(N(CC(=O)O)CC2CC2)C1. The summed E-state index contributed by atoms with van der Waals surface area (Å²) in [6.45, 7) is 2.97. The first-order valence-corrected chi connectivity index (χ1v) is 9.82. The standard InChI is InChI=1S/C15H28N2O5S/c1-11(5-6-22-2)23(20,21)16-13-7-14(8-13)17(10-15(18)19)9-12-3-4-12/h11-14,16H,3-10H2,1-2H3,(H,18,19). The van der Waals surface area contributed by atoms with Crippen LogP contribution in [0.5, 0.6) is 0 Å². The highest BCUT2D eigenvalue weighted by molar-refractivity contribution is 7.90. The number of rotatable bonds is 11. The molecule has 134 valence electrons. The number of hydrogen-bond donors (Lipinski definition) is 2. The number of carbonyl (C=O) groups is 1. The summed E-state index contributed by atoms with van der Waals surface area (Å²) in [5.74, 6) is -0.193. The minimum atomic E-state index is -3.34. The van der Waals surface area contributed by atoms with E-state index in [1.165, 1.54) is 12.8 Å². The van der Waals surface area contributed by atoms with Gasteiger partial charge in [0, 0.05) is 32.3 Å². The molecule has 2 fully saturated rings. The lowest BCUT2D eigenvalue weighted by molar-refractivity contribution is -0.139. The predicted octanol–water partition coefficient (Wildman–Crippen LogP) is 0.658. The second-order valence-corrected chi connectivity index (χ2v) is 8.97. The Morgan fingerprint density at radius 1 is 1.39 bits per heavy atom. The molecule has 0 radical (unpaired) electrons. The van der Waals surface area contributed by atoms with Gasteiger partial charge in [-0.05, 0) is 44.9 Å². The third-order valence-electron chi connectivity index (χ3n) is 4.75. The van der Waals surface area contributed by atoms with Crippen LogP contribution in [0.3, 0.4) is 0 Å². The first kappa shape index (κ1) is 18.6. The third-order valence-corrected chi connectivity index (χ3v) is 6.70. The first-order valence-electron chi connectivity index (χ1n) is 8.27. The maximum Gasteiger partial charge on any atom is 0.317 e. The van der Waals surface area contributed by atoms with Crippen LogP contribution in [0, 0.1) is 5.92 Å². The van der Waals surface area contributed by atoms with Crippen LogP contribution in [-0.4, -0.2) is 68.5 Å². The molecule has 0 aromatic rings. The molecule has 2 aliphatic rings. The van der Waals surface area contributed by atoms with E-state index in [1.807, 2.05) is 4.90 Å². The fourth-order valence-corrected chi connectivity index (χ4v) is 4.21. The van der Waals surface area contributed by atoms with Crippen molar-refractivity contribution in [2.45, 2.75) is 56.4 Å². The normalized spacial score (nSPS) is 26.0. The van der Waals surface area contributed by atoms with Gasteiger partial charge in [-0.25, -0.2) is 13.1 Å². The van der Waals surface area contributed by atoms with E-state index in [0.717, 1.165) is 6.54 Å². The van der Waals surface area contributed by atoms with E-state index < -0.39 is 21.2 Å². The lowest BCUT2D eigenvalue weighted by Crippen LogP contribution is -2.56. The van der Waals surface area contributed by atoms with Gasteiger partial charge in [-0.15, -0.1) is 0 Å². The summed E-state index contributed by atoms with van der Waals surface area (Å²) in [5.41, 5.74) is 0. The number of ether oxygens (including phenoxy) is 1. The molecule has 2 N–H and O–H groups in total. The number of nitrogens with one attached hydrogen (secondary N) is 1. The van der Waals surface area contributed by atoms with E-state index in [1.54, 1.807) is 14.0 Å². The van der Waals surface area contributed by atoms with Crippen LogP contribution in [0.2, 0.25) is 0 Å². The molecule has 8 heteroatoms. The van der Waals surface area contributed by atoms with Crippen LogP contribution >= 0.6 is 0 Å². The summed E-state index contributed by atoms with van der Waals surface area (Å²) in [5, 5.41) is 8.54. The Bertz CT molecular complexity index is 500. The molecule has 0 spiro atoms. The Morgan fingerprint density at radius 3 is 2.57 bits per heavy atom. The van der Waals surface area contributed by atoms with Crippen molar-refractivity contribution in [3.8, 4) is 0 Å². The first-order chi connectivity index (χ1) is 10.8. The zero-order valence-electron chi connectivity index (χ0n) is 13.9. The number of hydrogen-bond acceptors (Lipinski definition) is 5. The Hall–Kier alpha value is -0.700. The van der Waals surface area contributed by atoms with Gasteiger partial charge in [0.15, 0.2) is 0 Å². The zero-order valence-corrected chi connectivity index (χ0v) is 14.7. The maximum absolute atomic E-state index is 12.2. The monoisotopic (exact) mass is 348 g/mol. The van der Waals surface area contributed by atoms with E-state index in [2.05, 4.69) is 4.72 Å². The summed E-state index contributed by atoms with van der Waals surface area (Å²) >= 11 is 0. The Labute approximate surface area is 138 Å². The minimum Gasteiger partial charge on any atom is -0.480 e. The van der Waals surface area contributed by atoms with Crippen LogP contribution in [0.1, 0.15) is 39.0 Å². The average Bonchev–Trinajstić information content (AvgIpc) is 3.22. The number of carboxylic acid groups (broad SMARTS) is 1. The average molecular weight is 348 g/mol. The molecule has 1 atom stereocenters. The number of aliphatic carboxylic acids is 1. The van der Waals surface area contributed by atoms with Gasteiger partial charge in [0.2, 0.25) is 10.0 Å². The Morgan fingerprint density at radius 2 is 2.04 bits per heavy atom. The highest BCUT2D eigenvalue weighted by atomic mass is 32.2. The second kappa shape index (κ2) is 7.92. The summed E-state index contributed by atoms with van der Waals surface area (Å²) in [6.07, 6.45) is 4.20. The molecule has 0 amide bonds. The van der Waals surface area contributed by atoms with Gasteiger partial charge < -0.3 is 9.84 Å². The summed E-state index contributed by atoms with van der Waals surface area (Å²) in [7, 11) is -1.78. The number of nitrogens with zero attached hydrogens (tertiary/aromatic N) is 1. The van der Waals surface area contributed by atoms with E-state index >= 15 is 0 Å². The fraction of sp³-hybridized carbons (Fsp3) is 0.933. The number of sulfonamides is 1. The largest absolute Gasteiger partial charge is 0.480 e. The van der Waals surface area contributed by atoms with Gasteiger partial charge in [-0.2, -0.15) is 0 Å². The van der Waals surface area contributed by atoms with E-state index in [0.29, 0.717) is 31.8 Å². The predicted molar refractivity (Wildman–Crippen MR) is 86.8 cm³/mol. The third kappa shape index (κ3) is 5.70. The summed E-state index contributed by atoms with van der Waals surface area (Å²) in [6, 6.07) is 0.0965. The molecule has 0 aliphatic heterocycles. The molecule has 1 unspecified atom stereocenters. The van der Waals surface area contributed by atoms with Crippen LogP contribution in [0.25, 0.3) is 0 Å². The highest BCUT2D eigenvalue weighted by Crippen LogP contribution is 2.34.